The average Bonchev–Trinajstić information content (AvgIpc) is 0.785. The summed E-state index contributed by atoms with van der Waals surface area (Å²) in [6.45, 7) is -3.91. The Morgan fingerprint density at radius 1 is 0.350 bits per heavy atom. The number of hydrogen-bond acceptors (Lipinski definition) is 42. The highest BCUT2D eigenvalue weighted by Gasteiger charge is 2.60. The van der Waals surface area contributed by atoms with E-state index in [2.05, 4.69) is 5.32 Å². The SMILES string of the molecule is CN[C@H](CSCC1O[C@H]2O[C@@H]3C(CO)O[C@H](O[C@@H]4C(CO)O[C@H](O[C@@H]5C(CO)O[C@H](O[C@@H]6C(CSCC(CC(=O)CCOCCOCCC(C)=O)C(=O)O)O[C@H](O[C@@H]7C(CO)O[C@@H](O[C@@H]8C(CO)O[C@@H](O[C@H]1[C@H](O)C2O)C(O)[C@@H]8O)C(O)[C@H]7O)C(O)[C@H]6O)C(O)[C@H]5O)C(O)[C@H]4O)C(O)[C@H]3O)C(=O)O. The van der Waals surface area contributed by atoms with Crippen LogP contribution in [0, 0.1) is 5.92 Å². The smallest absolute Gasteiger partial charge is 0.321 e. The van der Waals surface area contributed by atoms with E-state index >= 15 is 0 Å². The van der Waals surface area contributed by atoms with E-state index < -0.39 is 290 Å². The number of thioether (sulfide) groups is 2. The van der Waals surface area contributed by atoms with Gasteiger partial charge in [0.25, 0.3) is 0 Å². The van der Waals surface area contributed by atoms with Crippen LogP contribution in [0.2, 0.25) is 0 Å². The van der Waals surface area contributed by atoms with Gasteiger partial charge in [0.2, 0.25) is 0 Å². The molecule has 0 aromatic carbocycles. The molecule has 21 heterocycles. The van der Waals surface area contributed by atoms with Crippen LogP contribution in [0.15, 0.2) is 0 Å². The number of nitrogens with one attached hydrogen (secondary N) is 1. The van der Waals surface area contributed by atoms with E-state index in [9.17, 15) is 126 Å². The van der Waals surface area contributed by atoms with Crippen LogP contribution in [0.3, 0.4) is 0 Å². The maximum atomic E-state index is 13.0. The van der Waals surface area contributed by atoms with Crippen LogP contribution < -0.4 is 5.32 Å². The Kier molecular flexibility index (Phi) is 33.4. The van der Waals surface area contributed by atoms with E-state index in [1.807, 2.05) is 0 Å². The first-order chi connectivity index (χ1) is 49.0. The molecule has 0 amide bonds. The van der Waals surface area contributed by atoms with Gasteiger partial charge in [-0.3, -0.25) is 19.2 Å². The van der Waals surface area contributed by atoms with E-state index in [0.717, 1.165) is 23.5 Å². The lowest BCUT2D eigenvalue weighted by molar-refractivity contribution is -0.395. The molecule has 0 aromatic heterocycles. The number of aliphatic carboxylic acids is 2. The van der Waals surface area contributed by atoms with E-state index in [1.54, 1.807) is 0 Å². The fourth-order valence-electron chi connectivity index (χ4n) is 12.6. The minimum atomic E-state index is -2.31. The van der Waals surface area contributed by atoms with Crippen molar-refractivity contribution in [2.24, 2.45) is 5.92 Å². The lowest BCUT2D eigenvalue weighted by atomic mass is 9.95. The minimum absolute atomic E-state index is 0.0645. The van der Waals surface area contributed by atoms with E-state index in [1.165, 1.54) is 14.0 Å². The van der Waals surface area contributed by atoms with Crippen LogP contribution in [0.4, 0.5) is 0 Å². The van der Waals surface area contributed by atoms with Crippen LogP contribution >= 0.6 is 23.5 Å². The van der Waals surface area contributed by atoms with Gasteiger partial charge >= 0.3 is 11.9 Å². The van der Waals surface area contributed by atoms with Crippen LogP contribution in [0.25, 0.3) is 0 Å². The standard InChI is InChI=1S/C59H97NO41S2/c1-19(66)3-5-86-7-8-87-6-4-21(67)9-20(51(82)83)15-102-17-28-49-35(73)42(80)58(93-28)98-47-26(13-64)89-55(38(76)31(47)69)97-46-25(12-63)92-57(41(79)34(46)72)101-50-29(18-103-16-22(60-2)52(84)85)94-59(43(81)36(50)74)99-48-27(14-65)90-54(39(77)32(48)70)95-44-23(10-61)88-53(37(75)30(44)68)96-45-24(11-62)91-56(100-49)40(78)33(45)71/h20,22-50,53-65,68-81H,3-18H2,1-2H3,(H,82,83)(H,84,85)/t20?,22-,23?,24?,25?,26?,27?,28?,29?,30-,31-,32-,33-,34+,35-,36-,37?,38?,39?,40?,41?,42?,43?,44-,45-,46-,47-,48-,49-,50-,53-,54-,55+,56-,57+,58-,59+/m1/s1. The summed E-state index contributed by atoms with van der Waals surface area (Å²) >= 11 is 1.66. The van der Waals surface area contributed by atoms with E-state index in [0.29, 0.717) is 0 Å². The normalized spacial score (nSPS) is 44.9. The summed E-state index contributed by atoms with van der Waals surface area (Å²) in [5.41, 5.74) is 0. The van der Waals surface area contributed by atoms with E-state index in [-0.39, 0.29) is 62.3 Å². The van der Waals surface area contributed by atoms with Gasteiger partial charge in [-0.15, -0.1) is 0 Å². The van der Waals surface area contributed by atoms with Crippen LogP contribution in [0.1, 0.15) is 26.2 Å². The van der Waals surface area contributed by atoms with Gasteiger partial charge in [0, 0.05) is 42.3 Å². The van der Waals surface area contributed by atoms with E-state index in [4.69, 9.17) is 75.8 Å². The highest BCUT2D eigenvalue weighted by molar-refractivity contribution is 7.99. The summed E-state index contributed by atoms with van der Waals surface area (Å²) in [5.74, 6) is -6.08. The van der Waals surface area contributed by atoms with Crippen LogP contribution in [-0.2, 0) is 95.0 Å². The summed E-state index contributed by atoms with van der Waals surface area (Å²) in [7, 11) is 1.35. The minimum Gasteiger partial charge on any atom is -0.481 e. The molecule has 0 saturated carbocycles. The molecule has 37 atom stereocenters. The van der Waals surface area contributed by atoms with Gasteiger partial charge in [0.1, 0.15) is 176 Å². The number of rotatable bonds is 27. The highest BCUT2D eigenvalue weighted by atomic mass is 32.2. The summed E-state index contributed by atoms with van der Waals surface area (Å²) in [6.07, 6.45) is -73.1. The number of hydrogen-bond donors (Lipinski definition) is 22. The molecule has 42 nitrogen and oxygen atoms in total. The Morgan fingerprint density at radius 3 is 0.845 bits per heavy atom. The Hall–Kier alpha value is -2.46. The van der Waals surface area contributed by atoms with Crippen molar-refractivity contribution in [1.29, 1.82) is 0 Å². The molecule has 14 bridgehead atoms. The van der Waals surface area contributed by atoms with Gasteiger partial charge in [0.15, 0.2) is 44.0 Å². The number of aliphatic hydroxyl groups is 19. The molecule has 0 aromatic rings. The number of likely N-dealkylation sites (N-methyl/N-ethyl adjacent to an activating group) is 1. The average molecular weight is 1540 g/mol. The summed E-state index contributed by atoms with van der Waals surface area (Å²) < 4.78 is 93.3. The molecule has 21 fully saturated rings. The molecule has 596 valence electrons. The van der Waals surface area contributed by atoms with Crippen molar-refractivity contribution < 1.29 is 202 Å². The van der Waals surface area contributed by atoms with Crippen molar-refractivity contribution in [3.63, 3.8) is 0 Å². The molecule has 44 heteroatoms. The Labute approximate surface area is 595 Å². The van der Waals surface area contributed by atoms with Gasteiger partial charge in [-0.25, -0.2) is 0 Å². The zero-order valence-electron chi connectivity index (χ0n) is 55.5. The fraction of sp³-hybridized carbons (Fsp3) is 0.932. The number of ether oxygens (including phenoxy) is 16. The van der Waals surface area contributed by atoms with Crippen molar-refractivity contribution in [2.75, 3.05) is 89.5 Å². The summed E-state index contributed by atoms with van der Waals surface area (Å²) in [5, 5.41) is 239. The lowest BCUT2D eigenvalue weighted by Crippen LogP contribution is -2.68. The molecule has 0 aliphatic carbocycles. The zero-order chi connectivity index (χ0) is 75.4. The van der Waals surface area contributed by atoms with Crippen molar-refractivity contribution >= 4 is 47.0 Å². The third-order valence-corrected chi connectivity index (χ3v) is 20.9. The monoisotopic (exact) mass is 1540 g/mol. The highest BCUT2D eigenvalue weighted by Crippen LogP contribution is 2.40. The Bertz CT molecular complexity index is 2610. The predicted octanol–water partition coefficient (Wildman–Crippen LogP) is -13.0. The quantitative estimate of drug-likeness (QED) is 0.0340. The Balaban J connectivity index is 1.08. The second kappa shape index (κ2) is 40.0. The fourth-order valence-corrected chi connectivity index (χ4v) is 15.0. The topological polar surface area (TPSA) is 653 Å². The van der Waals surface area contributed by atoms with Crippen LogP contribution in [-0.4, -0.2) is 441 Å². The zero-order valence-corrected chi connectivity index (χ0v) is 57.2. The van der Waals surface area contributed by atoms with Gasteiger partial charge in [0.05, 0.1) is 77.6 Å². The summed E-state index contributed by atoms with van der Waals surface area (Å²) in [4.78, 5) is 48.7. The number of Topliss-reactive ketones (excluding diaryl/α,β-unsaturated/α-hetero) is 2. The number of aliphatic hydroxyl groups excluding tert-OH is 19. The first-order valence-corrected chi connectivity index (χ1v) is 35.5. The second-order valence-corrected chi connectivity index (χ2v) is 27.9. The number of carbonyl (C=O) groups is 4. The maximum absolute atomic E-state index is 13.0. The van der Waals surface area contributed by atoms with Crippen molar-refractivity contribution in [3.8, 4) is 0 Å². The third kappa shape index (κ3) is 21.0. The van der Waals surface area contributed by atoms with Gasteiger partial charge in [-0.1, -0.05) is 0 Å². The van der Waals surface area contributed by atoms with Gasteiger partial charge in [-0.05, 0) is 14.0 Å². The number of carboxylic acids is 2. The number of ketones is 2. The molecule has 21 saturated heterocycles. The molecule has 0 radical (unpaired) electrons. The molecule has 21 rings (SSSR count). The molecule has 103 heavy (non-hydrogen) atoms. The van der Waals surface area contributed by atoms with Gasteiger partial charge < -0.3 is 188 Å². The maximum Gasteiger partial charge on any atom is 0.321 e. The molecular formula is C59H97NO41S2. The van der Waals surface area contributed by atoms with Crippen molar-refractivity contribution in [2.45, 2.75) is 247 Å². The molecule has 15 unspecified atom stereocenters. The second-order valence-electron chi connectivity index (χ2n) is 25.7. The molecule has 21 aliphatic rings. The first-order valence-electron chi connectivity index (χ1n) is 33.2. The van der Waals surface area contributed by atoms with Crippen molar-refractivity contribution in [3.05, 3.63) is 0 Å². The lowest BCUT2D eigenvalue weighted by Gasteiger charge is -2.50. The molecular weight excluding hydrogens is 1440 g/mol. The Morgan fingerprint density at radius 2 is 0.602 bits per heavy atom. The predicted molar refractivity (Wildman–Crippen MR) is 332 cm³/mol. The molecule has 21 aliphatic heterocycles. The molecule has 22 N–H and O–H groups in total. The largest absolute Gasteiger partial charge is 0.481 e. The third-order valence-electron chi connectivity index (χ3n) is 18.6. The first kappa shape index (κ1) is 86.1. The van der Waals surface area contributed by atoms with Gasteiger partial charge in [-0.2, -0.15) is 23.5 Å². The van der Waals surface area contributed by atoms with Crippen molar-refractivity contribution in [1.82, 2.24) is 5.32 Å². The number of carboxylic acid groups (broad SMARTS) is 2. The summed E-state index contributed by atoms with van der Waals surface area (Å²) in [6, 6.07) is -1.18. The van der Waals surface area contributed by atoms with Crippen LogP contribution in [0.5, 0.6) is 0 Å². The number of carbonyl (C=O) groups excluding carboxylic acids is 2. The molecule has 0 spiro atoms.